The maximum atomic E-state index is 13.4. The number of nitrogens with zero attached hydrogens (tertiary/aromatic N) is 3. The summed E-state index contributed by atoms with van der Waals surface area (Å²) in [5, 5.41) is 17.5. The normalized spacial score (nSPS) is 15.3. The first-order valence-electron chi connectivity index (χ1n) is 9.81. The first kappa shape index (κ1) is 24.9. The summed E-state index contributed by atoms with van der Waals surface area (Å²) >= 11 is 0. The lowest BCUT2D eigenvalue weighted by molar-refractivity contribution is -0.384. The molecule has 1 aliphatic rings. The number of hydrogen-bond donors (Lipinski definition) is 2. The lowest BCUT2D eigenvalue weighted by Crippen LogP contribution is -2.48. The molecule has 0 unspecified atom stereocenters. The molecule has 0 radical (unpaired) electrons. The number of aliphatic imine (C=N–C) groups is 1. The summed E-state index contributed by atoms with van der Waals surface area (Å²) in [7, 11) is 1.68. The highest BCUT2D eigenvalue weighted by Gasteiger charge is 2.20. The van der Waals surface area contributed by atoms with Crippen LogP contribution < -0.4 is 10.6 Å². The number of guanidine groups is 1. The largest absolute Gasteiger partial charge is 0.354 e. The van der Waals surface area contributed by atoms with Gasteiger partial charge in [0.05, 0.1) is 4.92 Å². The first-order chi connectivity index (χ1) is 14.4. The summed E-state index contributed by atoms with van der Waals surface area (Å²) in [5.74, 6) is -1.01. The van der Waals surface area contributed by atoms with Crippen molar-refractivity contribution in [2.45, 2.75) is 32.0 Å². The van der Waals surface area contributed by atoms with E-state index < -0.39 is 16.6 Å². The topological polar surface area (TPSA) is 82.8 Å². The molecule has 0 atom stereocenters. The van der Waals surface area contributed by atoms with Gasteiger partial charge in [0, 0.05) is 51.4 Å². The van der Waals surface area contributed by atoms with Gasteiger partial charge in [0.2, 0.25) is 0 Å². The van der Waals surface area contributed by atoms with Crippen molar-refractivity contribution in [3.63, 3.8) is 0 Å². The fourth-order valence-corrected chi connectivity index (χ4v) is 3.49. The Kier molecular flexibility index (Phi) is 9.56. The molecule has 0 saturated carbocycles. The van der Waals surface area contributed by atoms with E-state index in [1.54, 1.807) is 19.2 Å². The van der Waals surface area contributed by atoms with Crippen molar-refractivity contribution in [2.75, 3.05) is 20.1 Å². The number of benzene rings is 2. The third-order valence-electron chi connectivity index (χ3n) is 5.12. The Hall–Kier alpha value is -2.34. The van der Waals surface area contributed by atoms with E-state index in [0.717, 1.165) is 43.1 Å². The molecule has 1 heterocycles. The molecule has 0 amide bonds. The molecule has 31 heavy (non-hydrogen) atoms. The molecule has 0 aliphatic carbocycles. The third-order valence-corrected chi connectivity index (χ3v) is 5.12. The second-order valence-corrected chi connectivity index (χ2v) is 7.30. The SMILES string of the molecule is CN=C(NCc1cccc([N+](=O)[O-])c1)NC1CCN(Cc2ccc(F)c(F)c2)CC1.I. The number of likely N-dealkylation sites (tertiary alicyclic amines) is 1. The predicted molar refractivity (Wildman–Crippen MR) is 127 cm³/mol. The molecule has 7 nitrogen and oxygen atoms in total. The van der Waals surface area contributed by atoms with Crippen LogP contribution in [0.5, 0.6) is 0 Å². The standard InChI is InChI=1S/C21H25F2N5O2.HI/c1-24-21(25-13-15-3-2-4-18(11-15)28(29)30)26-17-7-9-27(10-8-17)14-16-5-6-19(22)20(23)12-16;/h2-6,11-12,17H,7-10,13-14H2,1H3,(H2,24,25,26);1H. The lowest BCUT2D eigenvalue weighted by atomic mass is 10.0. The van der Waals surface area contributed by atoms with Crippen LogP contribution in [0.1, 0.15) is 24.0 Å². The highest BCUT2D eigenvalue weighted by molar-refractivity contribution is 14.0. The summed E-state index contributed by atoms with van der Waals surface area (Å²) in [5.41, 5.74) is 1.62. The van der Waals surface area contributed by atoms with Gasteiger partial charge in [-0.05, 0) is 36.1 Å². The molecular formula is C21H26F2IN5O2. The molecule has 3 rings (SSSR count). The minimum absolute atomic E-state index is 0. The van der Waals surface area contributed by atoms with Gasteiger partial charge in [-0.1, -0.05) is 18.2 Å². The quantitative estimate of drug-likeness (QED) is 0.190. The predicted octanol–water partition coefficient (Wildman–Crippen LogP) is 3.82. The van der Waals surface area contributed by atoms with Crippen LogP contribution in [-0.2, 0) is 13.1 Å². The Labute approximate surface area is 197 Å². The smallest absolute Gasteiger partial charge is 0.269 e. The molecular weight excluding hydrogens is 519 g/mol. The van der Waals surface area contributed by atoms with Crippen LogP contribution in [0.25, 0.3) is 0 Å². The zero-order chi connectivity index (χ0) is 21.5. The zero-order valence-electron chi connectivity index (χ0n) is 17.2. The van der Waals surface area contributed by atoms with Crippen molar-refractivity contribution in [3.05, 3.63) is 75.3 Å². The third kappa shape index (κ3) is 7.39. The van der Waals surface area contributed by atoms with Crippen molar-refractivity contribution in [2.24, 2.45) is 4.99 Å². The van der Waals surface area contributed by atoms with E-state index in [-0.39, 0.29) is 35.7 Å². The van der Waals surface area contributed by atoms with Crippen molar-refractivity contribution in [1.82, 2.24) is 15.5 Å². The van der Waals surface area contributed by atoms with Gasteiger partial charge in [0.1, 0.15) is 0 Å². The van der Waals surface area contributed by atoms with E-state index in [2.05, 4.69) is 20.5 Å². The van der Waals surface area contributed by atoms with Gasteiger partial charge in [-0.2, -0.15) is 0 Å². The van der Waals surface area contributed by atoms with Crippen LogP contribution in [0.2, 0.25) is 0 Å². The number of halogens is 3. The molecule has 2 aromatic carbocycles. The van der Waals surface area contributed by atoms with Crippen LogP contribution in [0.15, 0.2) is 47.5 Å². The average Bonchev–Trinajstić information content (AvgIpc) is 2.75. The van der Waals surface area contributed by atoms with Gasteiger partial charge in [0.15, 0.2) is 17.6 Å². The molecule has 0 bridgehead atoms. The Morgan fingerprint density at radius 3 is 2.55 bits per heavy atom. The van der Waals surface area contributed by atoms with Crippen molar-refractivity contribution < 1.29 is 13.7 Å². The zero-order valence-corrected chi connectivity index (χ0v) is 19.5. The Bertz CT molecular complexity index is 920. The van der Waals surface area contributed by atoms with E-state index in [1.807, 2.05) is 6.07 Å². The number of piperidine rings is 1. The van der Waals surface area contributed by atoms with Gasteiger partial charge in [-0.15, -0.1) is 24.0 Å². The monoisotopic (exact) mass is 545 g/mol. The van der Waals surface area contributed by atoms with Crippen LogP contribution in [0.3, 0.4) is 0 Å². The van der Waals surface area contributed by atoms with Gasteiger partial charge in [-0.3, -0.25) is 20.0 Å². The molecule has 0 aromatic heterocycles. The van der Waals surface area contributed by atoms with Crippen LogP contribution >= 0.6 is 24.0 Å². The van der Waals surface area contributed by atoms with Crippen LogP contribution in [0, 0.1) is 21.7 Å². The van der Waals surface area contributed by atoms with E-state index >= 15 is 0 Å². The Morgan fingerprint density at radius 2 is 1.90 bits per heavy atom. The number of nitrogens with one attached hydrogen (secondary N) is 2. The molecule has 1 saturated heterocycles. The summed E-state index contributed by atoms with van der Waals surface area (Å²) < 4.78 is 26.4. The number of non-ortho nitro benzene ring substituents is 1. The minimum atomic E-state index is -0.828. The minimum Gasteiger partial charge on any atom is -0.354 e. The van der Waals surface area contributed by atoms with E-state index in [0.29, 0.717) is 19.0 Å². The maximum absolute atomic E-state index is 13.4. The number of nitro benzene ring substituents is 1. The fraction of sp³-hybridized carbons (Fsp3) is 0.381. The van der Waals surface area contributed by atoms with Crippen molar-refractivity contribution in [1.29, 1.82) is 0 Å². The average molecular weight is 545 g/mol. The molecule has 10 heteroatoms. The summed E-state index contributed by atoms with van der Waals surface area (Å²) in [6, 6.07) is 10.7. The molecule has 1 aliphatic heterocycles. The lowest BCUT2D eigenvalue weighted by Gasteiger charge is -2.33. The van der Waals surface area contributed by atoms with Crippen LogP contribution in [-0.4, -0.2) is 42.0 Å². The highest BCUT2D eigenvalue weighted by atomic mass is 127. The van der Waals surface area contributed by atoms with Crippen molar-refractivity contribution >= 4 is 35.6 Å². The summed E-state index contributed by atoms with van der Waals surface area (Å²) in [6.45, 7) is 2.68. The van der Waals surface area contributed by atoms with Crippen LogP contribution in [0.4, 0.5) is 14.5 Å². The van der Waals surface area contributed by atoms with Gasteiger partial charge in [-0.25, -0.2) is 8.78 Å². The van der Waals surface area contributed by atoms with Crippen molar-refractivity contribution in [3.8, 4) is 0 Å². The summed E-state index contributed by atoms with van der Waals surface area (Å²) in [4.78, 5) is 16.9. The maximum Gasteiger partial charge on any atom is 0.269 e. The van der Waals surface area contributed by atoms with E-state index in [4.69, 9.17) is 0 Å². The van der Waals surface area contributed by atoms with Gasteiger partial charge in [0.25, 0.3) is 5.69 Å². The second kappa shape index (κ2) is 11.9. The molecule has 0 spiro atoms. The fourth-order valence-electron chi connectivity index (χ4n) is 3.49. The molecule has 2 aromatic rings. The Morgan fingerprint density at radius 1 is 1.16 bits per heavy atom. The van der Waals surface area contributed by atoms with E-state index in [1.165, 1.54) is 18.2 Å². The molecule has 2 N–H and O–H groups in total. The first-order valence-corrected chi connectivity index (χ1v) is 9.81. The number of nitro groups is 1. The molecule has 1 fully saturated rings. The second-order valence-electron chi connectivity index (χ2n) is 7.30. The number of hydrogen-bond acceptors (Lipinski definition) is 4. The summed E-state index contributed by atoms with van der Waals surface area (Å²) in [6.07, 6.45) is 1.78. The van der Waals surface area contributed by atoms with Gasteiger partial charge < -0.3 is 10.6 Å². The molecule has 168 valence electrons. The van der Waals surface area contributed by atoms with E-state index in [9.17, 15) is 18.9 Å². The Balaban J connectivity index is 0.00000341. The number of rotatable bonds is 6. The highest BCUT2D eigenvalue weighted by Crippen LogP contribution is 2.16. The van der Waals surface area contributed by atoms with Gasteiger partial charge >= 0.3 is 0 Å².